The van der Waals surface area contributed by atoms with Crippen molar-refractivity contribution in [3.63, 3.8) is 0 Å². The van der Waals surface area contributed by atoms with Crippen molar-refractivity contribution in [3.05, 3.63) is 0 Å². The van der Waals surface area contributed by atoms with Gasteiger partial charge in [0.1, 0.15) is 5.78 Å². The van der Waals surface area contributed by atoms with Gasteiger partial charge in [-0.2, -0.15) is 0 Å². The second-order valence-electron chi connectivity index (χ2n) is 3.94. The molecule has 80 valence electrons. The molecule has 0 aromatic rings. The molecule has 0 aromatic heterocycles. The first kappa shape index (κ1) is 11.2. The molecule has 3 nitrogen and oxygen atoms in total. The van der Waals surface area contributed by atoms with E-state index in [9.17, 15) is 9.59 Å². The zero-order valence-electron chi connectivity index (χ0n) is 8.84. The quantitative estimate of drug-likeness (QED) is 0.728. The van der Waals surface area contributed by atoms with Crippen LogP contribution in [0.1, 0.15) is 45.4 Å². The maximum absolute atomic E-state index is 11.3. The molecule has 1 N–H and O–H groups in total. The van der Waals surface area contributed by atoms with E-state index in [1.165, 1.54) is 0 Å². The number of hydrogen-bond acceptors (Lipinski definition) is 2. The van der Waals surface area contributed by atoms with Crippen LogP contribution in [0.3, 0.4) is 0 Å². The number of amides is 1. The Morgan fingerprint density at radius 2 is 2.36 bits per heavy atom. The largest absolute Gasteiger partial charge is 0.356 e. The Labute approximate surface area is 85.3 Å². The summed E-state index contributed by atoms with van der Waals surface area (Å²) < 4.78 is 0. The number of Topliss-reactive ketones (excluding diaryl/α,β-unsaturated/α-hetero) is 1. The Kier molecular flexibility index (Phi) is 4.63. The van der Waals surface area contributed by atoms with Gasteiger partial charge in [0, 0.05) is 25.3 Å². The van der Waals surface area contributed by atoms with Crippen molar-refractivity contribution in [2.24, 2.45) is 5.92 Å². The molecule has 1 atom stereocenters. The number of hydrogen-bond donors (Lipinski definition) is 1. The fraction of sp³-hybridized carbons (Fsp3) is 0.818. The summed E-state index contributed by atoms with van der Waals surface area (Å²) in [5.74, 6) is 0.613. The summed E-state index contributed by atoms with van der Waals surface area (Å²) in [6, 6.07) is 0. The number of rotatable bonds is 5. The Morgan fingerprint density at radius 3 is 2.93 bits per heavy atom. The molecule has 0 bridgehead atoms. The van der Waals surface area contributed by atoms with E-state index < -0.39 is 0 Å². The fourth-order valence-corrected chi connectivity index (χ4v) is 1.85. The maximum atomic E-state index is 11.3. The summed E-state index contributed by atoms with van der Waals surface area (Å²) in [6.07, 6.45) is 4.94. The molecule has 1 amide bonds. The molecule has 3 heteroatoms. The minimum absolute atomic E-state index is 0.0894. The van der Waals surface area contributed by atoms with Crippen molar-refractivity contribution in [3.8, 4) is 0 Å². The standard InChI is InChI=1S/C11H19NO2/c1-2-8-12-11(14)7-6-9-4-3-5-10(9)13/h9H,2-8H2,1H3,(H,12,14). The van der Waals surface area contributed by atoms with Crippen LogP contribution >= 0.6 is 0 Å². The Morgan fingerprint density at radius 1 is 1.57 bits per heavy atom. The van der Waals surface area contributed by atoms with Crippen molar-refractivity contribution in [1.82, 2.24) is 5.32 Å². The molecule has 0 aromatic carbocycles. The molecule has 1 rings (SSSR count). The van der Waals surface area contributed by atoms with Gasteiger partial charge < -0.3 is 5.32 Å². The van der Waals surface area contributed by atoms with Gasteiger partial charge in [0.05, 0.1) is 0 Å². The molecular weight excluding hydrogens is 178 g/mol. The zero-order chi connectivity index (χ0) is 10.4. The van der Waals surface area contributed by atoms with Crippen LogP contribution in [-0.4, -0.2) is 18.2 Å². The van der Waals surface area contributed by atoms with Crippen molar-refractivity contribution < 1.29 is 9.59 Å². The highest BCUT2D eigenvalue weighted by molar-refractivity contribution is 5.83. The first-order valence-corrected chi connectivity index (χ1v) is 5.53. The average Bonchev–Trinajstić information content (AvgIpc) is 2.58. The zero-order valence-corrected chi connectivity index (χ0v) is 8.84. The van der Waals surface area contributed by atoms with Gasteiger partial charge >= 0.3 is 0 Å². The monoisotopic (exact) mass is 197 g/mol. The maximum Gasteiger partial charge on any atom is 0.220 e. The molecule has 1 aliphatic rings. The predicted octanol–water partition coefficient (Wildman–Crippen LogP) is 1.66. The normalized spacial score (nSPS) is 21.2. The minimum atomic E-state index is 0.0894. The Hall–Kier alpha value is -0.860. The topological polar surface area (TPSA) is 46.2 Å². The van der Waals surface area contributed by atoms with Crippen LogP contribution in [0.15, 0.2) is 0 Å². The lowest BCUT2D eigenvalue weighted by molar-refractivity contribution is -0.122. The third-order valence-corrected chi connectivity index (χ3v) is 2.72. The van der Waals surface area contributed by atoms with Crippen molar-refractivity contribution in [1.29, 1.82) is 0 Å². The van der Waals surface area contributed by atoms with Gasteiger partial charge in [-0.1, -0.05) is 6.92 Å². The number of carbonyl (C=O) groups excluding carboxylic acids is 2. The third kappa shape index (κ3) is 3.48. The van der Waals surface area contributed by atoms with E-state index in [0.717, 1.165) is 38.6 Å². The van der Waals surface area contributed by atoms with Crippen LogP contribution in [0.2, 0.25) is 0 Å². The van der Waals surface area contributed by atoms with Crippen LogP contribution in [0.5, 0.6) is 0 Å². The molecule has 0 saturated heterocycles. The van der Waals surface area contributed by atoms with E-state index in [2.05, 4.69) is 5.32 Å². The summed E-state index contributed by atoms with van der Waals surface area (Å²) in [7, 11) is 0. The molecule has 0 radical (unpaired) electrons. The second kappa shape index (κ2) is 5.78. The lowest BCUT2D eigenvalue weighted by atomic mass is 10.0. The van der Waals surface area contributed by atoms with Crippen LogP contribution in [0, 0.1) is 5.92 Å². The van der Waals surface area contributed by atoms with Gasteiger partial charge in [-0.05, 0) is 25.7 Å². The van der Waals surface area contributed by atoms with E-state index in [-0.39, 0.29) is 11.8 Å². The van der Waals surface area contributed by atoms with E-state index in [4.69, 9.17) is 0 Å². The Balaban J connectivity index is 2.13. The lowest BCUT2D eigenvalue weighted by Gasteiger charge is -2.07. The SMILES string of the molecule is CCCNC(=O)CCC1CCCC1=O. The summed E-state index contributed by atoms with van der Waals surface area (Å²) in [5.41, 5.74) is 0. The fourth-order valence-electron chi connectivity index (χ4n) is 1.85. The number of nitrogens with one attached hydrogen (secondary N) is 1. The van der Waals surface area contributed by atoms with Gasteiger partial charge in [-0.15, -0.1) is 0 Å². The molecule has 0 aliphatic heterocycles. The van der Waals surface area contributed by atoms with Crippen molar-refractivity contribution >= 4 is 11.7 Å². The first-order chi connectivity index (χ1) is 6.74. The minimum Gasteiger partial charge on any atom is -0.356 e. The van der Waals surface area contributed by atoms with Crippen LogP contribution in [-0.2, 0) is 9.59 Å². The molecule has 0 heterocycles. The summed E-state index contributed by atoms with van der Waals surface area (Å²) in [6.45, 7) is 2.78. The van der Waals surface area contributed by atoms with Crippen molar-refractivity contribution in [2.45, 2.75) is 45.4 Å². The summed E-state index contributed by atoms with van der Waals surface area (Å²) in [4.78, 5) is 22.5. The smallest absolute Gasteiger partial charge is 0.220 e. The van der Waals surface area contributed by atoms with Crippen molar-refractivity contribution in [2.75, 3.05) is 6.54 Å². The van der Waals surface area contributed by atoms with E-state index >= 15 is 0 Å². The van der Waals surface area contributed by atoms with Gasteiger partial charge in [0.15, 0.2) is 0 Å². The molecule has 14 heavy (non-hydrogen) atoms. The highest BCUT2D eigenvalue weighted by Gasteiger charge is 2.24. The Bertz CT molecular complexity index is 213. The van der Waals surface area contributed by atoms with E-state index in [1.54, 1.807) is 0 Å². The number of ketones is 1. The summed E-state index contributed by atoms with van der Waals surface area (Å²) >= 11 is 0. The van der Waals surface area contributed by atoms with Gasteiger partial charge in [0.2, 0.25) is 5.91 Å². The first-order valence-electron chi connectivity index (χ1n) is 5.53. The van der Waals surface area contributed by atoms with E-state index in [1.807, 2.05) is 6.92 Å². The van der Waals surface area contributed by atoms with Crippen LogP contribution in [0.4, 0.5) is 0 Å². The third-order valence-electron chi connectivity index (χ3n) is 2.72. The average molecular weight is 197 g/mol. The number of carbonyl (C=O) groups is 2. The van der Waals surface area contributed by atoms with E-state index in [0.29, 0.717) is 12.2 Å². The van der Waals surface area contributed by atoms with Gasteiger partial charge in [-0.25, -0.2) is 0 Å². The molecule has 1 saturated carbocycles. The van der Waals surface area contributed by atoms with Gasteiger partial charge in [-0.3, -0.25) is 9.59 Å². The second-order valence-corrected chi connectivity index (χ2v) is 3.94. The predicted molar refractivity (Wildman–Crippen MR) is 54.9 cm³/mol. The highest BCUT2D eigenvalue weighted by atomic mass is 16.1. The molecule has 0 spiro atoms. The summed E-state index contributed by atoms with van der Waals surface area (Å²) in [5, 5.41) is 2.82. The van der Waals surface area contributed by atoms with Crippen LogP contribution < -0.4 is 5.32 Å². The molecular formula is C11H19NO2. The van der Waals surface area contributed by atoms with Gasteiger partial charge in [0.25, 0.3) is 0 Å². The highest BCUT2D eigenvalue weighted by Crippen LogP contribution is 2.25. The molecule has 1 unspecified atom stereocenters. The molecule has 1 fully saturated rings. The molecule has 1 aliphatic carbocycles. The van der Waals surface area contributed by atoms with Crippen LogP contribution in [0.25, 0.3) is 0 Å². The lowest BCUT2D eigenvalue weighted by Crippen LogP contribution is -2.24.